The molecule has 0 aliphatic carbocycles. The van der Waals surface area contributed by atoms with Crippen molar-refractivity contribution >= 4 is 0 Å². The number of alkyl halides is 3. The Balaban J connectivity index is 2.12. The second kappa shape index (κ2) is 3.88. The molecule has 0 radical (unpaired) electrons. The molecule has 0 spiro atoms. The van der Waals surface area contributed by atoms with Gasteiger partial charge in [0.1, 0.15) is 0 Å². The lowest BCUT2D eigenvalue weighted by molar-refractivity contribution is -0.958. The summed E-state index contributed by atoms with van der Waals surface area (Å²) in [4.78, 5) is 0. The molecule has 2 aliphatic heterocycles. The molecular weight excluding hydrogens is 219 g/mol. The summed E-state index contributed by atoms with van der Waals surface area (Å²) in [6.45, 7) is -0.584. The van der Waals surface area contributed by atoms with Gasteiger partial charge in [-0.05, 0) is 5.92 Å². The van der Waals surface area contributed by atoms with Crippen molar-refractivity contribution in [2.75, 3.05) is 20.2 Å². The van der Waals surface area contributed by atoms with Crippen LogP contribution in [0.1, 0.15) is 25.7 Å². The third-order valence-electron chi connectivity index (χ3n) is 4.49. The van der Waals surface area contributed by atoms with Gasteiger partial charge in [0.2, 0.25) is 0 Å². The highest BCUT2D eigenvalue weighted by Gasteiger charge is 2.55. The molecule has 4 atom stereocenters. The molecule has 2 saturated heterocycles. The van der Waals surface area contributed by atoms with Crippen LogP contribution in [0, 0.1) is 5.92 Å². The largest absolute Gasteiger partial charge is 0.438 e. The third kappa shape index (κ3) is 2.07. The quantitative estimate of drug-likeness (QED) is 0.729. The minimum Gasteiger partial charge on any atom is -0.396 e. The van der Waals surface area contributed by atoms with E-state index in [1.807, 2.05) is 0 Å². The molecule has 16 heavy (non-hydrogen) atoms. The molecule has 0 amide bonds. The lowest BCUT2D eigenvalue weighted by Crippen LogP contribution is -2.61. The van der Waals surface area contributed by atoms with E-state index in [-0.39, 0.29) is 29.1 Å². The lowest BCUT2D eigenvalue weighted by atomic mass is 9.89. The first-order chi connectivity index (χ1) is 7.35. The number of hydrogen-bond donors (Lipinski definition) is 1. The maximum absolute atomic E-state index is 12.6. The van der Waals surface area contributed by atoms with Crippen LogP contribution in [-0.2, 0) is 0 Å². The van der Waals surface area contributed by atoms with Gasteiger partial charge in [-0.2, -0.15) is 13.2 Å². The number of aliphatic hydroxyl groups is 1. The summed E-state index contributed by atoms with van der Waals surface area (Å²) in [5.74, 6) is 0.219. The first-order valence-electron chi connectivity index (χ1n) is 5.87. The summed E-state index contributed by atoms with van der Waals surface area (Å²) >= 11 is 0. The summed E-state index contributed by atoms with van der Waals surface area (Å²) in [7, 11) is 1.74. The van der Waals surface area contributed by atoms with Crippen LogP contribution in [0.15, 0.2) is 0 Å². The Morgan fingerprint density at radius 2 is 1.69 bits per heavy atom. The van der Waals surface area contributed by atoms with Gasteiger partial charge < -0.3 is 9.59 Å². The van der Waals surface area contributed by atoms with Gasteiger partial charge in [-0.15, -0.1) is 0 Å². The first kappa shape index (κ1) is 12.2. The number of quaternary nitrogens is 1. The van der Waals surface area contributed by atoms with Gasteiger partial charge in [-0.25, -0.2) is 0 Å². The van der Waals surface area contributed by atoms with Crippen LogP contribution < -0.4 is 0 Å². The molecule has 2 rings (SSSR count). The molecule has 0 aromatic rings. The Hall–Kier alpha value is -0.290. The van der Waals surface area contributed by atoms with Gasteiger partial charge in [-0.1, -0.05) is 0 Å². The molecule has 5 heteroatoms. The van der Waals surface area contributed by atoms with Crippen LogP contribution in [0.25, 0.3) is 0 Å². The number of halogens is 3. The van der Waals surface area contributed by atoms with Crippen molar-refractivity contribution in [2.24, 2.45) is 5.92 Å². The summed E-state index contributed by atoms with van der Waals surface area (Å²) in [5, 5.41) is 9.13. The van der Waals surface area contributed by atoms with Crippen molar-refractivity contribution < 1.29 is 22.8 Å². The SMILES string of the molecule is C[N+]1(CC(F)(F)F)[C@@H]2CC[C@H]1CC(CO)C2. The predicted molar refractivity (Wildman–Crippen MR) is 53.7 cm³/mol. The van der Waals surface area contributed by atoms with E-state index in [0.717, 1.165) is 25.7 Å². The zero-order chi connectivity index (χ0) is 12.0. The molecule has 94 valence electrons. The summed E-state index contributed by atoms with van der Waals surface area (Å²) in [5.41, 5.74) is 0. The highest BCUT2D eigenvalue weighted by molar-refractivity contribution is 4.86. The van der Waals surface area contributed by atoms with E-state index in [1.54, 1.807) is 7.05 Å². The number of aliphatic hydroxyl groups excluding tert-OH is 1. The minimum absolute atomic E-state index is 0.0949. The number of fused-ring (bicyclic) bond motifs is 2. The maximum atomic E-state index is 12.6. The van der Waals surface area contributed by atoms with Crippen LogP contribution in [0.2, 0.25) is 0 Å². The average molecular weight is 238 g/mol. The molecule has 2 fully saturated rings. The topological polar surface area (TPSA) is 20.2 Å². The van der Waals surface area contributed by atoms with Gasteiger partial charge in [-0.3, -0.25) is 0 Å². The fraction of sp³-hybridized carbons (Fsp3) is 1.00. The predicted octanol–water partition coefficient (Wildman–Crippen LogP) is 1.93. The average Bonchev–Trinajstić information content (AvgIpc) is 2.39. The molecular formula is C11H19F3NO+. The molecule has 2 nitrogen and oxygen atoms in total. The minimum atomic E-state index is -4.08. The zero-order valence-electron chi connectivity index (χ0n) is 9.50. The van der Waals surface area contributed by atoms with Crippen LogP contribution in [0.3, 0.4) is 0 Å². The summed E-state index contributed by atoms with van der Waals surface area (Å²) in [6, 6.07) is 0.190. The summed E-state index contributed by atoms with van der Waals surface area (Å²) in [6.07, 6.45) is -0.817. The van der Waals surface area contributed by atoms with E-state index in [1.165, 1.54) is 0 Å². The van der Waals surface area contributed by atoms with Crippen molar-refractivity contribution in [1.29, 1.82) is 0 Å². The van der Waals surface area contributed by atoms with Crippen LogP contribution in [-0.4, -0.2) is 48.0 Å². The van der Waals surface area contributed by atoms with E-state index in [0.29, 0.717) is 0 Å². The highest BCUT2D eigenvalue weighted by Crippen LogP contribution is 2.45. The standard InChI is InChI=1S/C11H19F3NO/c1-15(7-11(12,13)14)9-2-3-10(15)5-8(4-9)6-16/h8-10,16H,2-7H2,1H3/q+1/t8?,9-,10+,15?. The third-order valence-corrected chi connectivity index (χ3v) is 4.49. The van der Waals surface area contributed by atoms with Crippen molar-refractivity contribution in [1.82, 2.24) is 0 Å². The normalized spacial score (nSPS) is 43.7. The molecule has 0 saturated carbocycles. The van der Waals surface area contributed by atoms with E-state index in [9.17, 15) is 13.2 Å². The number of rotatable bonds is 2. The number of piperidine rings is 1. The van der Waals surface area contributed by atoms with E-state index >= 15 is 0 Å². The molecule has 2 bridgehead atoms. The molecule has 0 aromatic heterocycles. The lowest BCUT2D eigenvalue weighted by Gasteiger charge is -2.47. The molecule has 2 aliphatic rings. The molecule has 1 N–H and O–H groups in total. The monoisotopic (exact) mass is 238 g/mol. The van der Waals surface area contributed by atoms with Crippen molar-refractivity contribution in [3.8, 4) is 0 Å². The van der Waals surface area contributed by atoms with Crippen molar-refractivity contribution in [3.05, 3.63) is 0 Å². The van der Waals surface area contributed by atoms with Gasteiger partial charge >= 0.3 is 6.18 Å². The Morgan fingerprint density at radius 3 is 2.06 bits per heavy atom. The first-order valence-corrected chi connectivity index (χ1v) is 5.87. The Kier molecular flexibility index (Phi) is 2.95. The smallest absolute Gasteiger partial charge is 0.396 e. The Labute approximate surface area is 93.6 Å². The van der Waals surface area contributed by atoms with E-state index in [2.05, 4.69) is 0 Å². The van der Waals surface area contributed by atoms with Crippen LogP contribution in [0.5, 0.6) is 0 Å². The van der Waals surface area contributed by atoms with E-state index in [4.69, 9.17) is 5.11 Å². The van der Waals surface area contributed by atoms with Crippen LogP contribution in [0.4, 0.5) is 13.2 Å². The fourth-order valence-electron chi connectivity index (χ4n) is 3.65. The van der Waals surface area contributed by atoms with Crippen molar-refractivity contribution in [2.45, 2.75) is 43.9 Å². The second-order valence-corrected chi connectivity index (χ2v) is 5.53. The Morgan fingerprint density at radius 1 is 1.19 bits per heavy atom. The molecule has 2 unspecified atom stereocenters. The maximum Gasteiger partial charge on any atom is 0.438 e. The second-order valence-electron chi connectivity index (χ2n) is 5.53. The van der Waals surface area contributed by atoms with E-state index < -0.39 is 12.7 Å². The molecule has 0 aromatic carbocycles. The number of hydrogen-bond acceptors (Lipinski definition) is 1. The number of nitrogens with zero attached hydrogens (tertiary/aromatic N) is 1. The fourth-order valence-corrected chi connectivity index (χ4v) is 3.65. The van der Waals surface area contributed by atoms with Crippen molar-refractivity contribution in [3.63, 3.8) is 0 Å². The Bertz CT molecular complexity index is 252. The van der Waals surface area contributed by atoms with Gasteiger partial charge in [0.15, 0.2) is 6.54 Å². The summed E-state index contributed by atoms with van der Waals surface area (Å²) < 4.78 is 37.9. The molecule has 2 heterocycles. The van der Waals surface area contributed by atoms with Gasteiger partial charge in [0.25, 0.3) is 0 Å². The zero-order valence-corrected chi connectivity index (χ0v) is 9.50. The highest BCUT2D eigenvalue weighted by atomic mass is 19.4. The van der Waals surface area contributed by atoms with Crippen LogP contribution >= 0.6 is 0 Å². The van der Waals surface area contributed by atoms with Gasteiger partial charge in [0, 0.05) is 32.3 Å². The van der Waals surface area contributed by atoms with Gasteiger partial charge in [0.05, 0.1) is 19.1 Å².